The van der Waals surface area contributed by atoms with Crippen molar-refractivity contribution in [2.45, 2.75) is 0 Å². The van der Waals surface area contributed by atoms with Crippen LogP contribution in [-0.4, -0.2) is 32.6 Å². The van der Waals surface area contributed by atoms with Gasteiger partial charge in [-0.15, -0.1) is 0 Å². The fourth-order valence-corrected chi connectivity index (χ4v) is 0.664. The van der Waals surface area contributed by atoms with Crippen LogP contribution in [0, 0.1) is 0 Å². The number of hydrogen-bond acceptors (Lipinski definition) is 8. The van der Waals surface area contributed by atoms with Gasteiger partial charge in [-0.1, -0.05) is 0 Å². The van der Waals surface area contributed by atoms with Gasteiger partial charge >= 0.3 is 5.97 Å². The molecule has 0 fully saturated rings. The Balaban J connectivity index is 2.54. The third-order valence-corrected chi connectivity index (χ3v) is 1.11. The number of nitrogens with two attached hydrogens (primary N) is 2. The molecule has 9 nitrogen and oxygen atoms in total. The summed E-state index contributed by atoms with van der Waals surface area (Å²) in [7, 11) is 0. The number of rotatable bonds is 4. The van der Waals surface area contributed by atoms with Crippen molar-refractivity contribution < 1.29 is 9.90 Å². The monoisotopic (exact) mass is 199 g/mol. The smallest absolute Gasteiger partial charge is 0.319 e. The van der Waals surface area contributed by atoms with Crippen LogP contribution in [0.2, 0.25) is 0 Å². The molecule has 0 amide bonds. The molecular weight excluding hydrogens is 190 g/mol. The molecule has 0 radical (unpaired) electrons. The van der Waals surface area contributed by atoms with Gasteiger partial charge < -0.3 is 16.6 Å². The number of nitrogens with zero attached hydrogens (tertiary/aromatic N) is 3. The van der Waals surface area contributed by atoms with Crippen LogP contribution in [0.15, 0.2) is 0 Å². The van der Waals surface area contributed by atoms with Gasteiger partial charge in [0.15, 0.2) is 0 Å². The summed E-state index contributed by atoms with van der Waals surface area (Å²) < 4.78 is 0. The van der Waals surface area contributed by atoms with E-state index in [9.17, 15) is 4.79 Å². The molecule has 76 valence electrons. The van der Waals surface area contributed by atoms with Crippen LogP contribution in [-0.2, 0) is 4.79 Å². The highest BCUT2D eigenvalue weighted by molar-refractivity contribution is 5.69. The van der Waals surface area contributed by atoms with Gasteiger partial charge in [-0.2, -0.15) is 15.0 Å². The predicted octanol–water partition coefficient (Wildman–Crippen LogP) is -1.96. The lowest BCUT2D eigenvalue weighted by molar-refractivity contribution is -0.135. The Morgan fingerprint density at radius 1 is 1.29 bits per heavy atom. The number of nitrogen functional groups attached to an aromatic ring is 2. The first-order valence-corrected chi connectivity index (χ1v) is 3.55. The maximum atomic E-state index is 10.1. The second kappa shape index (κ2) is 4.18. The molecule has 14 heavy (non-hydrogen) atoms. The molecule has 7 N–H and O–H groups in total. The van der Waals surface area contributed by atoms with E-state index in [1.165, 1.54) is 0 Å². The zero-order valence-electron chi connectivity index (χ0n) is 7.06. The van der Waals surface area contributed by atoms with Gasteiger partial charge in [0.2, 0.25) is 17.8 Å². The topological polar surface area (TPSA) is 152 Å². The van der Waals surface area contributed by atoms with E-state index in [1.54, 1.807) is 0 Å². The van der Waals surface area contributed by atoms with E-state index < -0.39 is 5.97 Å². The maximum absolute atomic E-state index is 10.1. The van der Waals surface area contributed by atoms with E-state index in [0.29, 0.717) is 0 Å². The van der Waals surface area contributed by atoms with Crippen molar-refractivity contribution in [3.8, 4) is 0 Å². The number of aromatic nitrogens is 3. The molecule has 0 saturated heterocycles. The molecule has 0 aliphatic rings. The van der Waals surface area contributed by atoms with Gasteiger partial charge in [-0.25, -0.2) is 5.43 Å². The third-order valence-electron chi connectivity index (χ3n) is 1.11. The molecule has 0 aliphatic heterocycles. The number of hydrazine groups is 1. The highest BCUT2D eigenvalue weighted by atomic mass is 16.4. The van der Waals surface area contributed by atoms with Crippen LogP contribution in [0.5, 0.6) is 0 Å². The summed E-state index contributed by atoms with van der Waals surface area (Å²) in [6.07, 6.45) is 0. The maximum Gasteiger partial charge on any atom is 0.319 e. The number of hydrogen-bond donors (Lipinski definition) is 5. The van der Waals surface area contributed by atoms with Gasteiger partial charge in [0.25, 0.3) is 0 Å². The third kappa shape index (κ3) is 3.06. The molecule has 0 aliphatic carbocycles. The lowest BCUT2D eigenvalue weighted by Gasteiger charge is -2.04. The van der Waals surface area contributed by atoms with Crippen molar-refractivity contribution in [2.75, 3.05) is 23.4 Å². The summed E-state index contributed by atoms with van der Waals surface area (Å²) in [5.41, 5.74) is 15.3. The molecule has 0 bridgehead atoms. The molecule has 1 aromatic rings. The number of anilines is 3. The zero-order valence-corrected chi connectivity index (χ0v) is 7.06. The second-order valence-corrected chi connectivity index (χ2v) is 2.25. The van der Waals surface area contributed by atoms with Crippen LogP contribution < -0.4 is 22.3 Å². The summed E-state index contributed by atoms with van der Waals surface area (Å²) in [5.74, 6) is -1.04. The molecular formula is C5H9N7O2. The molecule has 1 rings (SSSR count). The fourth-order valence-electron chi connectivity index (χ4n) is 0.664. The lowest BCUT2D eigenvalue weighted by Crippen LogP contribution is -2.29. The molecule has 0 saturated carbocycles. The van der Waals surface area contributed by atoms with Gasteiger partial charge in [-0.05, 0) is 0 Å². The number of carbonyl (C=O) groups is 1. The molecule has 1 aromatic heterocycles. The Morgan fingerprint density at radius 2 is 1.86 bits per heavy atom. The summed E-state index contributed by atoms with van der Waals surface area (Å²) in [6, 6.07) is 0. The summed E-state index contributed by atoms with van der Waals surface area (Å²) >= 11 is 0. The molecule has 0 spiro atoms. The van der Waals surface area contributed by atoms with E-state index >= 15 is 0 Å². The Morgan fingerprint density at radius 3 is 2.36 bits per heavy atom. The van der Waals surface area contributed by atoms with E-state index in [-0.39, 0.29) is 24.4 Å². The Labute approximate surface area is 78.5 Å². The van der Waals surface area contributed by atoms with Crippen molar-refractivity contribution in [3.05, 3.63) is 0 Å². The number of carboxylic acids is 1. The van der Waals surface area contributed by atoms with E-state index in [1.807, 2.05) is 0 Å². The minimum Gasteiger partial charge on any atom is -0.480 e. The highest BCUT2D eigenvalue weighted by Crippen LogP contribution is 2.01. The SMILES string of the molecule is Nc1nc(N)nc(NNCC(=O)O)n1. The Hall–Kier alpha value is -2.16. The fraction of sp³-hybridized carbons (Fsp3) is 0.200. The summed E-state index contributed by atoms with van der Waals surface area (Å²) in [6.45, 7) is -0.286. The van der Waals surface area contributed by atoms with E-state index in [2.05, 4.69) is 25.8 Å². The number of carboxylic acid groups (broad SMARTS) is 1. The highest BCUT2D eigenvalue weighted by Gasteiger charge is 2.01. The largest absolute Gasteiger partial charge is 0.480 e. The molecule has 0 atom stereocenters. The first-order valence-electron chi connectivity index (χ1n) is 3.55. The number of nitrogens with one attached hydrogen (secondary N) is 2. The normalized spacial score (nSPS) is 9.71. The van der Waals surface area contributed by atoms with E-state index in [4.69, 9.17) is 16.6 Å². The van der Waals surface area contributed by atoms with Crippen molar-refractivity contribution in [1.82, 2.24) is 20.4 Å². The average molecular weight is 199 g/mol. The van der Waals surface area contributed by atoms with Crippen molar-refractivity contribution in [3.63, 3.8) is 0 Å². The second-order valence-electron chi connectivity index (χ2n) is 2.25. The van der Waals surface area contributed by atoms with Gasteiger partial charge in [0, 0.05) is 0 Å². The van der Waals surface area contributed by atoms with Gasteiger partial charge in [0.1, 0.15) is 6.54 Å². The van der Waals surface area contributed by atoms with Gasteiger partial charge in [-0.3, -0.25) is 10.2 Å². The minimum absolute atomic E-state index is 0.0443. The molecule has 0 unspecified atom stereocenters. The van der Waals surface area contributed by atoms with Crippen molar-refractivity contribution in [1.29, 1.82) is 0 Å². The van der Waals surface area contributed by atoms with E-state index in [0.717, 1.165) is 0 Å². The number of aliphatic carboxylic acids is 1. The average Bonchev–Trinajstić information content (AvgIpc) is 2.01. The van der Waals surface area contributed by atoms with Crippen LogP contribution in [0.25, 0.3) is 0 Å². The Bertz CT molecular complexity index is 321. The summed E-state index contributed by atoms with van der Waals surface area (Å²) in [4.78, 5) is 20.9. The lowest BCUT2D eigenvalue weighted by atomic mass is 10.7. The predicted molar refractivity (Wildman–Crippen MR) is 47.9 cm³/mol. The first-order chi connectivity index (χ1) is 6.58. The molecule has 9 heteroatoms. The minimum atomic E-state index is -1.02. The first kappa shape index (κ1) is 9.92. The van der Waals surface area contributed by atoms with Gasteiger partial charge in [0.05, 0.1) is 0 Å². The van der Waals surface area contributed by atoms with Crippen LogP contribution in [0.4, 0.5) is 17.8 Å². The quantitative estimate of drug-likeness (QED) is 0.348. The van der Waals surface area contributed by atoms with Crippen molar-refractivity contribution in [2.24, 2.45) is 0 Å². The van der Waals surface area contributed by atoms with Crippen molar-refractivity contribution >= 4 is 23.8 Å². The Kier molecular flexibility index (Phi) is 2.97. The van der Waals surface area contributed by atoms with Crippen LogP contribution in [0.3, 0.4) is 0 Å². The standard InChI is InChI=1S/C5H9N7O2/c6-3-9-4(7)11-5(10-3)12-8-1-2(13)14/h8H,1H2,(H,13,14)(H5,6,7,9,10,11,12). The molecule has 0 aromatic carbocycles. The molecule has 1 heterocycles. The summed E-state index contributed by atoms with van der Waals surface area (Å²) in [5, 5.41) is 8.30. The van der Waals surface area contributed by atoms with Crippen LogP contribution >= 0.6 is 0 Å². The van der Waals surface area contributed by atoms with Crippen LogP contribution in [0.1, 0.15) is 0 Å². The zero-order chi connectivity index (χ0) is 10.6.